The van der Waals surface area contributed by atoms with Crippen LogP contribution in [0.4, 0.5) is 5.82 Å². The van der Waals surface area contributed by atoms with Crippen LogP contribution in [0.25, 0.3) is 16.8 Å². The summed E-state index contributed by atoms with van der Waals surface area (Å²) >= 11 is 0. The number of aromatic amines is 1. The Hall–Kier alpha value is -3.81. The third-order valence-corrected chi connectivity index (χ3v) is 4.19. The number of carbonyl (C=O) groups is 1. The van der Waals surface area contributed by atoms with Crippen molar-refractivity contribution in [2.75, 3.05) is 19.5 Å². The Labute approximate surface area is 153 Å². The second kappa shape index (κ2) is 6.49. The highest BCUT2D eigenvalue weighted by molar-refractivity contribution is 6.04. The Morgan fingerprint density at radius 3 is 2.63 bits per heavy atom. The van der Waals surface area contributed by atoms with E-state index in [1.807, 2.05) is 24.3 Å². The first kappa shape index (κ1) is 16.6. The molecule has 2 aromatic heterocycles. The van der Waals surface area contributed by atoms with E-state index in [2.05, 4.69) is 15.3 Å². The van der Waals surface area contributed by atoms with Crippen LogP contribution in [0.2, 0.25) is 0 Å². The minimum Gasteiger partial charge on any atom is -0.493 e. The number of H-pyrrole nitrogens is 1. The SMILES string of the molecule is COc1ccc(C(=O)Nc2cc(=O)[nH]c3nc4ccccc4n23)cc1OC. The van der Waals surface area contributed by atoms with Crippen molar-refractivity contribution < 1.29 is 14.3 Å². The summed E-state index contributed by atoms with van der Waals surface area (Å²) in [6.45, 7) is 0. The van der Waals surface area contributed by atoms with Crippen LogP contribution in [0.5, 0.6) is 11.5 Å². The largest absolute Gasteiger partial charge is 0.493 e. The molecule has 0 spiro atoms. The van der Waals surface area contributed by atoms with Crippen molar-refractivity contribution in [3.05, 3.63) is 64.4 Å². The molecule has 2 heterocycles. The summed E-state index contributed by atoms with van der Waals surface area (Å²) in [6.07, 6.45) is 0. The van der Waals surface area contributed by atoms with E-state index in [9.17, 15) is 9.59 Å². The topological polar surface area (TPSA) is 97.7 Å². The van der Waals surface area contributed by atoms with Gasteiger partial charge in [-0.05, 0) is 30.3 Å². The molecule has 2 aromatic carbocycles. The maximum absolute atomic E-state index is 12.7. The van der Waals surface area contributed by atoms with Crippen molar-refractivity contribution >= 4 is 28.5 Å². The van der Waals surface area contributed by atoms with Crippen molar-refractivity contribution in [1.82, 2.24) is 14.4 Å². The predicted molar refractivity (Wildman–Crippen MR) is 101 cm³/mol. The number of hydrogen-bond donors (Lipinski definition) is 2. The van der Waals surface area contributed by atoms with Crippen LogP contribution in [0.3, 0.4) is 0 Å². The van der Waals surface area contributed by atoms with Gasteiger partial charge in [-0.3, -0.25) is 19.0 Å². The standard InChI is InChI=1S/C19H16N4O4/c1-26-14-8-7-11(9-15(14)27-2)18(25)21-16-10-17(24)22-19-20-12-5-3-4-6-13(12)23(16)19/h3-10H,1-2H3,(H,21,25)(H,20,22,24). The Bertz CT molecular complexity index is 1230. The molecule has 136 valence electrons. The smallest absolute Gasteiger partial charge is 0.256 e. The molecule has 0 saturated carbocycles. The summed E-state index contributed by atoms with van der Waals surface area (Å²) in [5.74, 6) is 1.25. The summed E-state index contributed by atoms with van der Waals surface area (Å²) in [7, 11) is 3.02. The van der Waals surface area contributed by atoms with Gasteiger partial charge in [0.15, 0.2) is 11.5 Å². The number of rotatable bonds is 4. The van der Waals surface area contributed by atoms with E-state index in [-0.39, 0.29) is 11.5 Å². The Morgan fingerprint density at radius 2 is 1.85 bits per heavy atom. The molecule has 4 rings (SSSR count). The molecule has 8 heteroatoms. The van der Waals surface area contributed by atoms with Gasteiger partial charge >= 0.3 is 0 Å². The van der Waals surface area contributed by atoms with Crippen LogP contribution in [0.15, 0.2) is 53.3 Å². The molecule has 0 saturated heterocycles. The lowest BCUT2D eigenvalue weighted by atomic mass is 10.2. The average molecular weight is 364 g/mol. The molecular formula is C19H16N4O4. The molecule has 0 aliphatic heterocycles. The van der Waals surface area contributed by atoms with Gasteiger partial charge < -0.3 is 14.8 Å². The fraction of sp³-hybridized carbons (Fsp3) is 0.105. The van der Waals surface area contributed by atoms with Gasteiger partial charge in [-0.2, -0.15) is 0 Å². The van der Waals surface area contributed by atoms with Gasteiger partial charge in [-0.1, -0.05) is 12.1 Å². The fourth-order valence-electron chi connectivity index (χ4n) is 2.95. The molecule has 0 aliphatic rings. The van der Waals surface area contributed by atoms with Crippen LogP contribution in [0.1, 0.15) is 10.4 Å². The van der Waals surface area contributed by atoms with E-state index < -0.39 is 0 Å². The summed E-state index contributed by atoms with van der Waals surface area (Å²) in [5, 5.41) is 2.78. The van der Waals surface area contributed by atoms with Gasteiger partial charge in [0.25, 0.3) is 11.5 Å². The molecule has 8 nitrogen and oxygen atoms in total. The third kappa shape index (κ3) is 2.86. The van der Waals surface area contributed by atoms with Crippen LogP contribution in [-0.4, -0.2) is 34.5 Å². The van der Waals surface area contributed by atoms with E-state index in [4.69, 9.17) is 9.47 Å². The highest BCUT2D eigenvalue weighted by Crippen LogP contribution is 2.28. The maximum Gasteiger partial charge on any atom is 0.256 e. The Morgan fingerprint density at radius 1 is 1.07 bits per heavy atom. The first-order valence-electron chi connectivity index (χ1n) is 8.14. The number of imidazole rings is 1. The monoisotopic (exact) mass is 364 g/mol. The summed E-state index contributed by atoms with van der Waals surface area (Å²) in [5.41, 5.74) is 1.48. The molecule has 0 bridgehead atoms. The molecule has 1 amide bonds. The Balaban J connectivity index is 1.79. The highest BCUT2D eigenvalue weighted by atomic mass is 16.5. The number of nitrogens with zero attached hydrogens (tertiary/aromatic N) is 2. The average Bonchev–Trinajstić information content (AvgIpc) is 3.05. The molecule has 0 unspecified atom stereocenters. The van der Waals surface area contributed by atoms with Gasteiger partial charge in [-0.25, -0.2) is 4.98 Å². The normalized spacial score (nSPS) is 10.9. The number of ether oxygens (including phenoxy) is 2. The number of nitrogens with one attached hydrogen (secondary N) is 2. The number of hydrogen-bond acceptors (Lipinski definition) is 5. The van der Waals surface area contributed by atoms with Gasteiger partial charge in [-0.15, -0.1) is 0 Å². The molecule has 0 atom stereocenters. The first-order chi connectivity index (χ1) is 13.1. The zero-order valence-corrected chi connectivity index (χ0v) is 14.6. The van der Waals surface area contributed by atoms with Gasteiger partial charge in [0.2, 0.25) is 5.78 Å². The van der Waals surface area contributed by atoms with Crippen molar-refractivity contribution in [1.29, 1.82) is 0 Å². The molecule has 0 fully saturated rings. The van der Waals surface area contributed by atoms with Crippen LogP contribution in [0, 0.1) is 0 Å². The predicted octanol–water partition coefficient (Wildman–Crippen LogP) is 2.45. The zero-order chi connectivity index (χ0) is 19.0. The number of fused-ring (bicyclic) bond motifs is 3. The lowest BCUT2D eigenvalue weighted by Crippen LogP contribution is -2.18. The second-order valence-electron chi connectivity index (χ2n) is 5.80. The summed E-state index contributed by atoms with van der Waals surface area (Å²) in [6, 6.07) is 13.6. The molecule has 4 aromatic rings. The van der Waals surface area contributed by atoms with E-state index in [0.29, 0.717) is 34.2 Å². The van der Waals surface area contributed by atoms with Crippen LogP contribution < -0.4 is 20.3 Å². The van der Waals surface area contributed by atoms with Crippen molar-refractivity contribution in [3.8, 4) is 11.5 Å². The number of carbonyl (C=O) groups excluding carboxylic acids is 1. The molecular weight excluding hydrogens is 348 g/mol. The molecule has 2 N–H and O–H groups in total. The molecule has 27 heavy (non-hydrogen) atoms. The van der Waals surface area contributed by atoms with E-state index in [1.54, 1.807) is 22.6 Å². The van der Waals surface area contributed by atoms with Crippen LogP contribution >= 0.6 is 0 Å². The lowest BCUT2D eigenvalue weighted by molar-refractivity contribution is 0.102. The third-order valence-electron chi connectivity index (χ3n) is 4.19. The number of benzene rings is 2. The minimum atomic E-state index is -0.388. The number of methoxy groups -OCH3 is 2. The zero-order valence-electron chi connectivity index (χ0n) is 14.6. The van der Waals surface area contributed by atoms with Gasteiger partial charge in [0.05, 0.1) is 25.3 Å². The van der Waals surface area contributed by atoms with E-state index in [0.717, 1.165) is 5.52 Å². The lowest BCUT2D eigenvalue weighted by Gasteiger charge is -2.11. The maximum atomic E-state index is 12.7. The molecule has 0 radical (unpaired) electrons. The number of anilines is 1. The highest BCUT2D eigenvalue weighted by Gasteiger charge is 2.15. The van der Waals surface area contributed by atoms with Gasteiger partial charge in [0.1, 0.15) is 5.82 Å². The summed E-state index contributed by atoms with van der Waals surface area (Å²) in [4.78, 5) is 31.8. The van der Waals surface area contributed by atoms with Crippen LogP contribution in [-0.2, 0) is 0 Å². The van der Waals surface area contributed by atoms with Gasteiger partial charge in [0, 0.05) is 11.6 Å². The fourth-order valence-corrected chi connectivity index (χ4v) is 2.95. The van der Waals surface area contributed by atoms with Crippen molar-refractivity contribution in [2.24, 2.45) is 0 Å². The number of aromatic nitrogens is 3. The molecule has 0 aliphatic carbocycles. The minimum absolute atomic E-state index is 0.322. The summed E-state index contributed by atoms with van der Waals surface area (Å²) < 4.78 is 12.1. The quantitative estimate of drug-likeness (QED) is 0.580. The second-order valence-corrected chi connectivity index (χ2v) is 5.80. The first-order valence-corrected chi connectivity index (χ1v) is 8.14. The van der Waals surface area contributed by atoms with E-state index >= 15 is 0 Å². The number of para-hydroxylation sites is 2. The van der Waals surface area contributed by atoms with E-state index in [1.165, 1.54) is 20.3 Å². The number of amides is 1. The van der Waals surface area contributed by atoms with Crippen molar-refractivity contribution in [3.63, 3.8) is 0 Å². The van der Waals surface area contributed by atoms with Crippen molar-refractivity contribution in [2.45, 2.75) is 0 Å². The Kier molecular flexibility index (Phi) is 4.00.